The molecule has 0 bridgehead atoms. The molecule has 1 fully saturated rings. The highest BCUT2D eigenvalue weighted by Crippen LogP contribution is 2.31. The van der Waals surface area contributed by atoms with Gasteiger partial charge in [0.2, 0.25) is 0 Å². The summed E-state index contributed by atoms with van der Waals surface area (Å²) in [4.78, 5) is 44.3. The highest BCUT2D eigenvalue weighted by atomic mass is 32.1. The molecule has 5 rings (SSSR count). The lowest BCUT2D eigenvalue weighted by atomic mass is 9.99. The summed E-state index contributed by atoms with van der Waals surface area (Å²) in [6.07, 6.45) is 4.95. The van der Waals surface area contributed by atoms with Crippen molar-refractivity contribution in [3.05, 3.63) is 56.1 Å². The third kappa shape index (κ3) is 3.03. The minimum absolute atomic E-state index is 0.172. The van der Waals surface area contributed by atoms with Gasteiger partial charge >= 0.3 is 0 Å². The molecule has 1 aliphatic rings. The van der Waals surface area contributed by atoms with E-state index in [1.165, 1.54) is 25.6 Å². The Morgan fingerprint density at radius 3 is 2.45 bits per heavy atom. The number of hydrogen-bond donors (Lipinski definition) is 3. The molecule has 0 amide bonds. The van der Waals surface area contributed by atoms with Gasteiger partial charge in [-0.2, -0.15) is 0 Å². The highest BCUT2D eigenvalue weighted by molar-refractivity contribution is 7.71. The average Bonchev–Trinajstić information content (AvgIpc) is 2.73. The third-order valence-electron chi connectivity index (χ3n) is 5.35. The number of fused-ring (bicyclic) bond motifs is 2. The van der Waals surface area contributed by atoms with Crippen molar-refractivity contribution < 1.29 is 0 Å². The van der Waals surface area contributed by atoms with Crippen LogP contribution in [0.25, 0.3) is 33.2 Å². The molecule has 0 atom stereocenters. The molecule has 1 aliphatic heterocycles. The Hall–Kier alpha value is -3.33. The number of benzene rings is 1. The molecule has 1 saturated heterocycles. The number of aromatic nitrogens is 5. The molecular formula is C20H18N6O2S. The van der Waals surface area contributed by atoms with Gasteiger partial charge in [0.25, 0.3) is 11.1 Å². The molecule has 9 heteroatoms. The molecular weight excluding hydrogens is 388 g/mol. The maximum atomic E-state index is 12.7. The van der Waals surface area contributed by atoms with Gasteiger partial charge in [0.1, 0.15) is 5.65 Å². The molecule has 0 saturated carbocycles. The Morgan fingerprint density at radius 2 is 1.69 bits per heavy atom. The Morgan fingerprint density at radius 1 is 0.931 bits per heavy atom. The highest BCUT2D eigenvalue weighted by Gasteiger charge is 2.18. The maximum absolute atomic E-state index is 12.7. The van der Waals surface area contributed by atoms with E-state index >= 15 is 0 Å². The van der Waals surface area contributed by atoms with Crippen molar-refractivity contribution in [2.24, 2.45) is 0 Å². The second-order valence-corrected chi connectivity index (χ2v) is 7.55. The van der Waals surface area contributed by atoms with Gasteiger partial charge in [-0.1, -0.05) is 12.1 Å². The Kier molecular flexibility index (Phi) is 4.24. The molecule has 8 nitrogen and oxygen atoms in total. The van der Waals surface area contributed by atoms with E-state index in [2.05, 4.69) is 29.8 Å². The molecule has 146 valence electrons. The lowest BCUT2D eigenvalue weighted by molar-refractivity contribution is 0.578. The fraction of sp³-hybridized carbons (Fsp3) is 0.250. The largest absolute Gasteiger partial charge is 0.372 e. The molecule has 4 aromatic rings. The molecule has 1 aromatic carbocycles. The van der Waals surface area contributed by atoms with Crippen molar-refractivity contribution in [1.29, 1.82) is 0 Å². The van der Waals surface area contributed by atoms with Gasteiger partial charge in [-0.15, -0.1) is 0 Å². The van der Waals surface area contributed by atoms with Gasteiger partial charge < -0.3 is 14.9 Å². The van der Waals surface area contributed by atoms with E-state index in [1.54, 1.807) is 0 Å². The third-order valence-corrected chi connectivity index (χ3v) is 5.56. The molecule has 29 heavy (non-hydrogen) atoms. The van der Waals surface area contributed by atoms with Crippen LogP contribution in [-0.2, 0) is 0 Å². The quantitative estimate of drug-likeness (QED) is 0.349. The first-order valence-electron chi connectivity index (χ1n) is 9.51. The van der Waals surface area contributed by atoms with Crippen LogP contribution in [0, 0.1) is 4.77 Å². The minimum Gasteiger partial charge on any atom is -0.372 e. The zero-order chi connectivity index (χ0) is 20.0. The number of nitrogens with one attached hydrogen (secondary N) is 3. The second-order valence-electron chi connectivity index (χ2n) is 7.14. The summed E-state index contributed by atoms with van der Waals surface area (Å²) >= 11 is 5.08. The summed E-state index contributed by atoms with van der Waals surface area (Å²) < 4.78 is 0.172. The average molecular weight is 406 g/mol. The topological polar surface area (TPSA) is 111 Å². The van der Waals surface area contributed by atoms with Gasteiger partial charge in [-0.25, -0.2) is 9.97 Å². The summed E-state index contributed by atoms with van der Waals surface area (Å²) in [7, 11) is 0. The molecule has 4 heterocycles. The molecule has 0 aliphatic carbocycles. The van der Waals surface area contributed by atoms with Crippen molar-refractivity contribution in [3.8, 4) is 11.1 Å². The van der Waals surface area contributed by atoms with Crippen LogP contribution in [0.2, 0.25) is 0 Å². The normalized spacial score (nSPS) is 14.6. The molecule has 0 spiro atoms. The van der Waals surface area contributed by atoms with Crippen molar-refractivity contribution in [2.45, 2.75) is 19.3 Å². The van der Waals surface area contributed by atoms with Gasteiger partial charge in [0.05, 0.1) is 17.1 Å². The monoisotopic (exact) mass is 406 g/mol. The number of piperidine rings is 1. The van der Waals surface area contributed by atoms with Crippen LogP contribution in [0.5, 0.6) is 0 Å². The smallest absolute Gasteiger partial charge is 0.261 e. The molecule has 0 radical (unpaired) electrons. The van der Waals surface area contributed by atoms with Gasteiger partial charge in [0.15, 0.2) is 10.4 Å². The lowest BCUT2D eigenvalue weighted by Crippen LogP contribution is -2.29. The van der Waals surface area contributed by atoms with Crippen LogP contribution in [0.4, 0.5) is 5.69 Å². The SMILES string of the molecule is O=c1[nH]cnc2nc3[nH]c(=S)[nH]c(=O)c3c(-c3ccc(N4CCCCC4)cc3)c12. The van der Waals surface area contributed by atoms with Crippen LogP contribution in [0.15, 0.2) is 40.2 Å². The van der Waals surface area contributed by atoms with Crippen LogP contribution in [0.3, 0.4) is 0 Å². The van der Waals surface area contributed by atoms with E-state index in [9.17, 15) is 9.59 Å². The van der Waals surface area contributed by atoms with Crippen molar-refractivity contribution in [1.82, 2.24) is 24.9 Å². The number of nitrogens with zero attached hydrogens (tertiary/aromatic N) is 3. The Bertz CT molecular complexity index is 1400. The standard InChI is InChI=1S/C20H18N6O2S/c27-18-14-13(11-4-6-12(7-5-11)26-8-2-1-3-9-26)15-17(23-16(14)21-10-22-18)24-20(29)25-19(15)28/h4-7,10H,1-3,8-9H2,(H3,21,22,23,24,25,27,28,29). The van der Waals surface area contributed by atoms with Crippen LogP contribution < -0.4 is 16.0 Å². The summed E-state index contributed by atoms with van der Waals surface area (Å²) in [5.41, 5.74) is 2.20. The van der Waals surface area contributed by atoms with E-state index in [0.717, 1.165) is 24.3 Å². The summed E-state index contributed by atoms with van der Waals surface area (Å²) in [6, 6.07) is 7.93. The number of pyridine rings is 1. The first-order chi connectivity index (χ1) is 14.1. The number of rotatable bonds is 2. The summed E-state index contributed by atoms with van der Waals surface area (Å²) in [5.74, 6) is 0. The number of anilines is 1. The van der Waals surface area contributed by atoms with E-state index in [-0.39, 0.29) is 26.7 Å². The predicted octanol–water partition coefficient (Wildman–Crippen LogP) is 2.87. The zero-order valence-corrected chi connectivity index (χ0v) is 16.3. The molecule has 3 aromatic heterocycles. The molecule has 3 N–H and O–H groups in total. The van der Waals surface area contributed by atoms with E-state index < -0.39 is 5.56 Å². The maximum Gasteiger partial charge on any atom is 0.261 e. The Balaban J connectivity index is 1.79. The van der Waals surface area contributed by atoms with Crippen LogP contribution >= 0.6 is 12.2 Å². The number of aromatic amines is 3. The zero-order valence-electron chi connectivity index (χ0n) is 15.5. The van der Waals surface area contributed by atoms with Gasteiger partial charge in [-0.05, 0) is 49.2 Å². The summed E-state index contributed by atoms with van der Waals surface area (Å²) in [6.45, 7) is 2.08. The number of hydrogen-bond acceptors (Lipinski definition) is 6. The van der Waals surface area contributed by atoms with E-state index in [1.807, 2.05) is 24.3 Å². The first kappa shape index (κ1) is 17.7. The fourth-order valence-corrected chi connectivity index (χ4v) is 4.19. The van der Waals surface area contributed by atoms with E-state index in [0.29, 0.717) is 11.2 Å². The summed E-state index contributed by atoms with van der Waals surface area (Å²) in [5, 5.41) is 0.567. The Labute approximate surface area is 169 Å². The van der Waals surface area contributed by atoms with Gasteiger partial charge in [0, 0.05) is 24.3 Å². The van der Waals surface area contributed by atoms with E-state index in [4.69, 9.17) is 12.2 Å². The lowest BCUT2D eigenvalue weighted by Gasteiger charge is -2.28. The fourth-order valence-electron chi connectivity index (χ4n) is 4.00. The van der Waals surface area contributed by atoms with Crippen molar-refractivity contribution >= 4 is 40.0 Å². The predicted molar refractivity (Wildman–Crippen MR) is 115 cm³/mol. The minimum atomic E-state index is -0.392. The molecule has 0 unspecified atom stereocenters. The van der Waals surface area contributed by atoms with Crippen molar-refractivity contribution in [3.63, 3.8) is 0 Å². The first-order valence-corrected chi connectivity index (χ1v) is 9.92. The van der Waals surface area contributed by atoms with Crippen molar-refractivity contribution in [2.75, 3.05) is 18.0 Å². The second kappa shape index (κ2) is 6.93. The van der Waals surface area contributed by atoms with Crippen LogP contribution in [-0.4, -0.2) is 38.0 Å². The van der Waals surface area contributed by atoms with Gasteiger partial charge in [-0.3, -0.25) is 14.6 Å². The number of H-pyrrole nitrogens is 3. The van der Waals surface area contributed by atoms with Crippen LogP contribution in [0.1, 0.15) is 19.3 Å².